The number of hydrogen-bond donors (Lipinski definition) is 3. The highest BCUT2D eigenvalue weighted by Gasteiger charge is 2.32. The Morgan fingerprint density at radius 2 is 2.04 bits per heavy atom. The van der Waals surface area contributed by atoms with Crippen molar-refractivity contribution in [3.8, 4) is 0 Å². The lowest BCUT2D eigenvalue weighted by molar-refractivity contribution is -0.141. The van der Waals surface area contributed by atoms with E-state index in [0.29, 0.717) is 25.1 Å². The molecule has 0 bridgehead atoms. The summed E-state index contributed by atoms with van der Waals surface area (Å²) in [6.45, 7) is 5.98. The molecule has 158 valence electrons. The van der Waals surface area contributed by atoms with Gasteiger partial charge in [0.2, 0.25) is 5.95 Å². The summed E-state index contributed by atoms with van der Waals surface area (Å²) in [4.78, 5) is 14.0. The fourth-order valence-corrected chi connectivity index (χ4v) is 3.31. The number of anilines is 1. The standard InChI is InChI=1S/C18H30F3N7/c1-3-14-6-4-5-12-28(14)13-11-26-16(22-2)24-9-10-25-17-23-8-7-15(27-17)18(19,20)21/h7-8,14H,3-6,9-13H2,1-2H3,(H2,22,24,26)(H,23,25,27). The molecule has 0 aromatic carbocycles. The molecule has 0 amide bonds. The minimum atomic E-state index is -4.48. The number of aromatic nitrogens is 2. The first-order chi connectivity index (χ1) is 13.4. The Morgan fingerprint density at radius 3 is 2.75 bits per heavy atom. The van der Waals surface area contributed by atoms with Crippen molar-refractivity contribution in [3.63, 3.8) is 0 Å². The van der Waals surface area contributed by atoms with Crippen LogP contribution in [0.2, 0.25) is 0 Å². The summed E-state index contributed by atoms with van der Waals surface area (Å²) in [5, 5.41) is 9.19. The second-order valence-electron chi connectivity index (χ2n) is 6.71. The molecule has 3 N–H and O–H groups in total. The molecule has 2 heterocycles. The quantitative estimate of drug-likeness (QED) is 0.353. The van der Waals surface area contributed by atoms with Gasteiger partial charge in [-0.05, 0) is 31.9 Å². The van der Waals surface area contributed by atoms with Gasteiger partial charge in [-0.1, -0.05) is 13.3 Å². The van der Waals surface area contributed by atoms with E-state index in [9.17, 15) is 13.2 Å². The van der Waals surface area contributed by atoms with Crippen LogP contribution in [0.4, 0.5) is 19.1 Å². The van der Waals surface area contributed by atoms with E-state index in [0.717, 1.165) is 31.9 Å². The molecule has 0 saturated carbocycles. The van der Waals surface area contributed by atoms with Crippen molar-refractivity contribution >= 4 is 11.9 Å². The zero-order valence-corrected chi connectivity index (χ0v) is 16.5. The highest BCUT2D eigenvalue weighted by Crippen LogP contribution is 2.27. The van der Waals surface area contributed by atoms with Gasteiger partial charge in [0.1, 0.15) is 5.69 Å². The molecule has 0 radical (unpaired) electrons. The van der Waals surface area contributed by atoms with Crippen LogP contribution in [0, 0.1) is 0 Å². The monoisotopic (exact) mass is 401 g/mol. The van der Waals surface area contributed by atoms with Crippen molar-refractivity contribution < 1.29 is 13.2 Å². The molecule has 1 fully saturated rings. The second kappa shape index (κ2) is 11.0. The maximum Gasteiger partial charge on any atom is 0.433 e. The summed E-state index contributed by atoms with van der Waals surface area (Å²) in [5.74, 6) is 0.618. The van der Waals surface area contributed by atoms with Crippen molar-refractivity contribution in [2.24, 2.45) is 4.99 Å². The maximum absolute atomic E-state index is 12.6. The number of rotatable bonds is 8. The number of likely N-dealkylation sites (tertiary alicyclic amines) is 1. The molecule has 1 aromatic rings. The van der Waals surface area contributed by atoms with Crippen LogP contribution < -0.4 is 16.0 Å². The lowest BCUT2D eigenvalue weighted by Gasteiger charge is -2.35. The molecule has 1 unspecified atom stereocenters. The summed E-state index contributed by atoms with van der Waals surface area (Å²) in [6, 6.07) is 1.52. The van der Waals surface area contributed by atoms with E-state index in [1.165, 1.54) is 25.7 Å². The molecule has 28 heavy (non-hydrogen) atoms. The summed E-state index contributed by atoms with van der Waals surface area (Å²) in [5.41, 5.74) is -0.960. The number of hydrogen-bond acceptors (Lipinski definition) is 5. The molecule has 0 spiro atoms. The number of halogens is 3. The Hall–Kier alpha value is -2.10. The predicted molar refractivity (Wildman–Crippen MR) is 104 cm³/mol. The minimum Gasteiger partial charge on any atom is -0.355 e. The number of nitrogens with zero attached hydrogens (tertiary/aromatic N) is 4. The lowest BCUT2D eigenvalue weighted by Crippen LogP contribution is -2.46. The Balaban J connectivity index is 1.67. The second-order valence-corrected chi connectivity index (χ2v) is 6.71. The maximum atomic E-state index is 12.6. The average molecular weight is 401 g/mol. The van der Waals surface area contributed by atoms with Gasteiger partial charge in [0, 0.05) is 45.5 Å². The fraction of sp³-hybridized carbons (Fsp3) is 0.722. The van der Waals surface area contributed by atoms with Crippen LogP contribution in [0.15, 0.2) is 17.3 Å². The number of piperidine rings is 1. The van der Waals surface area contributed by atoms with E-state index < -0.39 is 11.9 Å². The number of aliphatic imine (C=N–C) groups is 1. The predicted octanol–water partition coefficient (Wildman–Crippen LogP) is 2.34. The molecule has 2 rings (SSSR count). The largest absolute Gasteiger partial charge is 0.433 e. The zero-order valence-electron chi connectivity index (χ0n) is 16.5. The Kier molecular flexibility index (Phi) is 8.75. The molecule has 10 heteroatoms. The topological polar surface area (TPSA) is 77.5 Å². The Morgan fingerprint density at radius 1 is 1.25 bits per heavy atom. The van der Waals surface area contributed by atoms with Gasteiger partial charge in [-0.25, -0.2) is 9.97 Å². The highest BCUT2D eigenvalue weighted by molar-refractivity contribution is 5.79. The van der Waals surface area contributed by atoms with Crippen LogP contribution in [0.25, 0.3) is 0 Å². The van der Waals surface area contributed by atoms with E-state index in [1.54, 1.807) is 7.05 Å². The van der Waals surface area contributed by atoms with Crippen LogP contribution in [0.5, 0.6) is 0 Å². The van der Waals surface area contributed by atoms with Crippen molar-refractivity contribution in [2.75, 3.05) is 45.1 Å². The van der Waals surface area contributed by atoms with Crippen molar-refractivity contribution in [1.29, 1.82) is 0 Å². The first-order valence-electron chi connectivity index (χ1n) is 9.76. The van der Waals surface area contributed by atoms with E-state index in [-0.39, 0.29) is 5.95 Å². The molecule has 1 aromatic heterocycles. The number of nitrogens with one attached hydrogen (secondary N) is 3. The lowest BCUT2D eigenvalue weighted by atomic mass is 10.0. The van der Waals surface area contributed by atoms with E-state index in [2.05, 4.69) is 42.7 Å². The normalized spacial score (nSPS) is 18.8. The third-order valence-electron chi connectivity index (χ3n) is 4.78. The van der Waals surface area contributed by atoms with E-state index in [1.807, 2.05) is 0 Å². The van der Waals surface area contributed by atoms with Crippen LogP contribution in [-0.4, -0.2) is 66.6 Å². The summed E-state index contributed by atoms with van der Waals surface area (Å²) in [7, 11) is 1.69. The van der Waals surface area contributed by atoms with Crippen LogP contribution in [0.1, 0.15) is 38.3 Å². The van der Waals surface area contributed by atoms with Gasteiger partial charge in [-0.2, -0.15) is 13.2 Å². The fourth-order valence-electron chi connectivity index (χ4n) is 3.31. The first kappa shape index (κ1) is 22.2. The summed E-state index contributed by atoms with van der Waals surface area (Å²) in [6.07, 6.45) is 1.63. The molecule has 1 aliphatic heterocycles. The smallest absolute Gasteiger partial charge is 0.355 e. The molecule has 1 saturated heterocycles. The van der Waals surface area contributed by atoms with Gasteiger partial charge in [-0.3, -0.25) is 9.89 Å². The number of alkyl halides is 3. The zero-order chi connectivity index (χ0) is 20.4. The SMILES string of the molecule is CCC1CCCCN1CCNC(=NC)NCCNc1nccc(C(F)(F)F)n1. The van der Waals surface area contributed by atoms with Gasteiger partial charge >= 0.3 is 6.18 Å². The van der Waals surface area contributed by atoms with Crippen molar-refractivity contribution in [1.82, 2.24) is 25.5 Å². The third-order valence-corrected chi connectivity index (χ3v) is 4.78. The first-order valence-corrected chi connectivity index (χ1v) is 9.76. The minimum absolute atomic E-state index is 0.0460. The van der Waals surface area contributed by atoms with Gasteiger partial charge in [0.05, 0.1) is 0 Å². The average Bonchev–Trinajstić information content (AvgIpc) is 2.69. The molecule has 0 aliphatic carbocycles. The number of guanidine groups is 1. The van der Waals surface area contributed by atoms with Crippen molar-refractivity contribution in [3.05, 3.63) is 18.0 Å². The third kappa shape index (κ3) is 7.14. The van der Waals surface area contributed by atoms with E-state index in [4.69, 9.17) is 0 Å². The van der Waals surface area contributed by atoms with Gasteiger partial charge < -0.3 is 16.0 Å². The molecule has 1 aliphatic rings. The van der Waals surface area contributed by atoms with Gasteiger partial charge in [0.15, 0.2) is 5.96 Å². The van der Waals surface area contributed by atoms with Crippen LogP contribution >= 0.6 is 0 Å². The highest BCUT2D eigenvalue weighted by atomic mass is 19.4. The summed E-state index contributed by atoms with van der Waals surface area (Å²) < 4.78 is 37.9. The molecular formula is C18H30F3N7. The van der Waals surface area contributed by atoms with Gasteiger partial charge in [0.25, 0.3) is 0 Å². The molecule has 1 atom stereocenters. The molecular weight excluding hydrogens is 371 g/mol. The van der Waals surface area contributed by atoms with E-state index >= 15 is 0 Å². The Labute approximate surface area is 164 Å². The van der Waals surface area contributed by atoms with Gasteiger partial charge in [-0.15, -0.1) is 0 Å². The van der Waals surface area contributed by atoms with Crippen LogP contribution in [0.3, 0.4) is 0 Å². The van der Waals surface area contributed by atoms with Crippen molar-refractivity contribution in [2.45, 2.75) is 44.8 Å². The summed E-state index contributed by atoms with van der Waals surface area (Å²) >= 11 is 0. The Bertz CT molecular complexity index is 621. The molecule has 7 nitrogen and oxygen atoms in total. The van der Waals surface area contributed by atoms with Crippen LogP contribution in [-0.2, 0) is 6.18 Å².